The Bertz CT molecular complexity index is 259. The molecule has 0 saturated heterocycles. The van der Waals surface area contributed by atoms with Gasteiger partial charge in [-0.05, 0) is 11.6 Å². The summed E-state index contributed by atoms with van der Waals surface area (Å²) in [6, 6.07) is 0. The lowest BCUT2D eigenvalue weighted by Gasteiger charge is -2.17. The fraction of sp³-hybridized carbons (Fsp3) is 0.857. The van der Waals surface area contributed by atoms with Gasteiger partial charge in [-0.3, -0.25) is 4.79 Å². The molecule has 0 fully saturated rings. The highest BCUT2D eigenvalue weighted by molar-refractivity contribution is 7.89. The number of rotatable bonds is 6. The second-order valence-corrected chi connectivity index (χ2v) is 5.02. The van der Waals surface area contributed by atoms with Gasteiger partial charge in [0.1, 0.15) is 0 Å². The maximum atomic E-state index is 11.4. The van der Waals surface area contributed by atoms with Crippen LogP contribution in [0.5, 0.6) is 0 Å². The van der Waals surface area contributed by atoms with Crippen LogP contribution in [-0.2, 0) is 14.8 Å². The molecule has 0 unspecified atom stereocenters. The molecule has 0 bridgehead atoms. The number of carbonyl (C=O) groups is 1. The van der Waals surface area contributed by atoms with Crippen LogP contribution in [0.3, 0.4) is 0 Å². The van der Waals surface area contributed by atoms with Gasteiger partial charge in [0, 0.05) is 19.5 Å². The summed E-state index contributed by atoms with van der Waals surface area (Å²) in [4.78, 5) is 10.4. The first-order valence-electron chi connectivity index (χ1n) is 4.10. The van der Waals surface area contributed by atoms with Crippen molar-refractivity contribution in [1.82, 2.24) is 4.31 Å². The van der Waals surface area contributed by atoms with E-state index >= 15 is 0 Å². The van der Waals surface area contributed by atoms with Crippen molar-refractivity contribution in [3.05, 3.63) is 0 Å². The van der Waals surface area contributed by atoms with Crippen LogP contribution >= 0.6 is 11.6 Å². The Morgan fingerprint density at radius 3 is 2.08 bits per heavy atom. The van der Waals surface area contributed by atoms with Crippen molar-refractivity contribution in [2.45, 2.75) is 20.3 Å². The van der Waals surface area contributed by atoms with Gasteiger partial charge >= 0.3 is 0 Å². The quantitative estimate of drug-likeness (QED) is 0.632. The summed E-state index contributed by atoms with van der Waals surface area (Å²) in [6.45, 7) is 4.36. The maximum Gasteiger partial charge on any atom is 0.222 e. The zero-order valence-electron chi connectivity index (χ0n) is 7.79. The Morgan fingerprint density at radius 2 is 1.77 bits per heavy atom. The smallest absolute Gasteiger partial charge is 0.222 e. The van der Waals surface area contributed by atoms with E-state index in [4.69, 9.17) is 11.6 Å². The van der Waals surface area contributed by atoms with Crippen LogP contribution in [-0.4, -0.2) is 36.8 Å². The Labute approximate surface area is 83.9 Å². The van der Waals surface area contributed by atoms with Crippen LogP contribution in [0, 0.1) is 0 Å². The van der Waals surface area contributed by atoms with Crippen molar-refractivity contribution in [3.63, 3.8) is 0 Å². The standard InChI is InChI=1S/C7H14ClNO3S/c1-3-9(4-2)13(11,12)6-5-7(8)10/h3-6H2,1-2H3. The number of nitrogens with zero attached hydrogens (tertiary/aromatic N) is 1. The van der Waals surface area contributed by atoms with Crippen molar-refractivity contribution in [3.8, 4) is 0 Å². The summed E-state index contributed by atoms with van der Waals surface area (Å²) in [6.07, 6.45) is -0.125. The summed E-state index contributed by atoms with van der Waals surface area (Å²) in [5, 5.41) is -0.615. The topological polar surface area (TPSA) is 54.5 Å². The van der Waals surface area contributed by atoms with E-state index in [-0.39, 0.29) is 12.2 Å². The predicted octanol–water partition coefficient (Wildman–Crippen LogP) is 0.813. The Kier molecular flexibility index (Phi) is 5.51. The van der Waals surface area contributed by atoms with Crippen molar-refractivity contribution in [1.29, 1.82) is 0 Å². The van der Waals surface area contributed by atoms with Crippen molar-refractivity contribution in [2.75, 3.05) is 18.8 Å². The van der Waals surface area contributed by atoms with Gasteiger partial charge in [0.15, 0.2) is 0 Å². The molecule has 0 atom stereocenters. The van der Waals surface area contributed by atoms with Crippen molar-refractivity contribution < 1.29 is 13.2 Å². The Balaban J connectivity index is 4.30. The monoisotopic (exact) mass is 227 g/mol. The molecule has 0 radical (unpaired) electrons. The van der Waals surface area contributed by atoms with Crippen LogP contribution < -0.4 is 0 Å². The molecule has 0 aromatic carbocycles. The van der Waals surface area contributed by atoms with E-state index in [9.17, 15) is 13.2 Å². The van der Waals surface area contributed by atoms with E-state index in [1.807, 2.05) is 0 Å². The molecule has 0 rings (SSSR count). The lowest BCUT2D eigenvalue weighted by molar-refractivity contribution is -0.111. The molecule has 0 spiro atoms. The van der Waals surface area contributed by atoms with Gasteiger partial charge < -0.3 is 0 Å². The number of hydrogen-bond acceptors (Lipinski definition) is 3. The molecule has 0 N–H and O–H groups in total. The lowest BCUT2D eigenvalue weighted by Crippen LogP contribution is -2.33. The zero-order chi connectivity index (χ0) is 10.5. The zero-order valence-corrected chi connectivity index (χ0v) is 9.36. The summed E-state index contributed by atoms with van der Waals surface area (Å²) in [5.74, 6) is -0.197. The van der Waals surface area contributed by atoms with E-state index in [1.54, 1.807) is 13.8 Å². The summed E-state index contributed by atoms with van der Waals surface area (Å²) >= 11 is 5.05. The predicted molar refractivity (Wildman–Crippen MR) is 52.2 cm³/mol. The minimum absolute atomic E-state index is 0.125. The van der Waals surface area contributed by atoms with Crippen LogP contribution in [0.4, 0.5) is 0 Å². The first-order chi connectivity index (χ1) is 5.94. The van der Waals surface area contributed by atoms with E-state index in [0.29, 0.717) is 13.1 Å². The molecule has 4 nitrogen and oxygen atoms in total. The molecule has 0 aliphatic heterocycles. The normalized spacial score (nSPS) is 12.0. The highest BCUT2D eigenvalue weighted by Gasteiger charge is 2.19. The molecule has 6 heteroatoms. The summed E-state index contributed by atoms with van der Waals surface area (Å²) in [7, 11) is -3.29. The third-order valence-electron chi connectivity index (χ3n) is 1.66. The van der Waals surface area contributed by atoms with Crippen molar-refractivity contribution >= 4 is 26.9 Å². The first-order valence-corrected chi connectivity index (χ1v) is 6.09. The van der Waals surface area contributed by atoms with Crippen LogP contribution in [0.25, 0.3) is 0 Å². The molecule has 0 aromatic heterocycles. The minimum Gasteiger partial charge on any atom is -0.281 e. The third kappa shape index (κ3) is 4.59. The van der Waals surface area contributed by atoms with E-state index in [0.717, 1.165) is 0 Å². The van der Waals surface area contributed by atoms with Crippen LogP contribution in [0.1, 0.15) is 20.3 Å². The average Bonchev–Trinajstić information content (AvgIpc) is 2.03. The van der Waals surface area contributed by atoms with Gasteiger partial charge in [-0.25, -0.2) is 12.7 Å². The second kappa shape index (κ2) is 5.57. The molecule has 0 aliphatic carbocycles. The molecule has 0 heterocycles. The SMILES string of the molecule is CCN(CC)S(=O)(=O)CCC(=O)Cl. The number of halogens is 1. The maximum absolute atomic E-state index is 11.4. The third-order valence-corrected chi connectivity index (χ3v) is 3.87. The number of hydrogen-bond donors (Lipinski definition) is 0. The van der Waals surface area contributed by atoms with Gasteiger partial charge in [-0.15, -0.1) is 0 Å². The summed E-state index contributed by atoms with van der Waals surface area (Å²) in [5.41, 5.74) is 0. The van der Waals surface area contributed by atoms with Crippen LogP contribution in [0.2, 0.25) is 0 Å². The fourth-order valence-corrected chi connectivity index (χ4v) is 2.65. The molecular formula is C7H14ClNO3S. The molecule has 0 aliphatic rings. The van der Waals surface area contributed by atoms with E-state index < -0.39 is 15.3 Å². The van der Waals surface area contributed by atoms with Gasteiger partial charge in [0.2, 0.25) is 15.3 Å². The van der Waals surface area contributed by atoms with E-state index in [1.165, 1.54) is 4.31 Å². The highest BCUT2D eigenvalue weighted by atomic mass is 35.5. The van der Waals surface area contributed by atoms with Crippen LogP contribution in [0.15, 0.2) is 0 Å². The van der Waals surface area contributed by atoms with Gasteiger partial charge in [0.25, 0.3) is 0 Å². The molecule has 13 heavy (non-hydrogen) atoms. The molecule has 0 amide bonds. The van der Waals surface area contributed by atoms with Gasteiger partial charge in [-0.1, -0.05) is 13.8 Å². The summed E-state index contributed by atoms with van der Waals surface area (Å²) < 4.78 is 24.1. The largest absolute Gasteiger partial charge is 0.281 e. The molecule has 0 saturated carbocycles. The van der Waals surface area contributed by atoms with Crippen molar-refractivity contribution in [2.24, 2.45) is 0 Å². The fourth-order valence-electron chi connectivity index (χ4n) is 0.955. The Morgan fingerprint density at radius 1 is 1.31 bits per heavy atom. The Hall–Kier alpha value is -0.130. The molecule has 0 aromatic rings. The first kappa shape index (κ1) is 12.9. The number of carbonyl (C=O) groups excluding carboxylic acids is 1. The lowest BCUT2D eigenvalue weighted by atomic mass is 10.6. The van der Waals surface area contributed by atoms with Gasteiger partial charge in [0.05, 0.1) is 5.75 Å². The van der Waals surface area contributed by atoms with E-state index in [2.05, 4.69) is 0 Å². The second-order valence-electron chi connectivity index (χ2n) is 2.51. The molecule has 78 valence electrons. The average molecular weight is 228 g/mol. The number of sulfonamides is 1. The molecular weight excluding hydrogens is 214 g/mol. The van der Waals surface area contributed by atoms with Gasteiger partial charge in [-0.2, -0.15) is 0 Å². The highest BCUT2D eigenvalue weighted by Crippen LogP contribution is 2.03. The minimum atomic E-state index is -3.29.